The van der Waals surface area contributed by atoms with E-state index in [4.69, 9.17) is 19.3 Å². The van der Waals surface area contributed by atoms with Crippen molar-refractivity contribution in [3.8, 4) is 0 Å². The second-order valence-corrected chi connectivity index (χ2v) is 8.45. The number of benzene rings is 1. The van der Waals surface area contributed by atoms with Crippen molar-refractivity contribution in [2.45, 2.75) is 24.8 Å². The molecule has 1 aliphatic rings. The predicted octanol–water partition coefficient (Wildman–Crippen LogP) is 0.619. The Morgan fingerprint density at radius 1 is 1.34 bits per heavy atom. The van der Waals surface area contributed by atoms with Crippen molar-refractivity contribution >= 4 is 43.5 Å². The van der Waals surface area contributed by atoms with E-state index < -0.39 is 21.9 Å². The first-order chi connectivity index (χ1) is 13.8. The van der Waals surface area contributed by atoms with Crippen molar-refractivity contribution in [3.63, 3.8) is 0 Å². The first-order valence-corrected chi connectivity index (χ1v) is 11.0. The molecule has 12 heteroatoms. The van der Waals surface area contributed by atoms with Crippen LogP contribution in [0.1, 0.15) is 13.3 Å². The van der Waals surface area contributed by atoms with Gasteiger partial charge >= 0.3 is 11.9 Å². The second-order valence-electron chi connectivity index (χ2n) is 5.88. The minimum absolute atomic E-state index is 0.0316. The highest BCUT2D eigenvalue weighted by Crippen LogP contribution is 2.22. The van der Waals surface area contributed by atoms with Gasteiger partial charge in [0.25, 0.3) is 0 Å². The third-order valence-corrected chi connectivity index (χ3v) is 5.84. The van der Waals surface area contributed by atoms with Crippen LogP contribution in [0.4, 0.5) is 0 Å². The van der Waals surface area contributed by atoms with E-state index in [1.165, 1.54) is 18.4 Å². The summed E-state index contributed by atoms with van der Waals surface area (Å²) in [5.41, 5.74) is 0.605. The number of sulfonamides is 1. The van der Waals surface area contributed by atoms with E-state index in [9.17, 15) is 18.0 Å². The largest absolute Gasteiger partial charge is 0.494 e. The Hall–Kier alpha value is -2.70. The molecule has 0 aliphatic carbocycles. The summed E-state index contributed by atoms with van der Waals surface area (Å²) in [4.78, 5) is 28.5. The standard InChI is InChI=1S/C17H19N3O7S2/c1-2-26-15(21)5-6-20-12-4-3-11(29(18,23)24)9-14(12)28-17(20)19-16(22)13-10-25-7-8-27-13/h3-4,9-10H,2,5-8H2,1H3,(H2,18,23,24). The Labute approximate surface area is 170 Å². The molecule has 0 atom stereocenters. The summed E-state index contributed by atoms with van der Waals surface area (Å²) < 4.78 is 40.7. The van der Waals surface area contributed by atoms with Gasteiger partial charge in [0, 0.05) is 6.54 Å². The molecule has 0 unspecified atom stereocenters. The first kappa shape index (κ1) is 21.0. The van der Waals surface area contributed by atoms with Crippen LogP contribution in [0, 0.1) is 0 Å². The Kier molecular flexibility index (Phi) is 6.35. The number of thiazole rings is 1. The normalized spacial score (nSPS) is 14.8. The van der Waals surface area contributed by atoms with Gasteiger partial charge in [0.15, 0.2) is 4.80 Å². The SMILES string of the molecule is CCOC(=O)CCn1c(=NC(=O)C2=COCCO2)sc2cc(S(N)(=O)=O)ccc21. The molecule has 0 radical (unpaired) electrons. The Morgan fingerprint density at radius 2 is 2.14 bits per heavy atom. The molecule has 0 saturated heterocycles. The van der Waals surface area contributed by atoms with Gasteiger partial charge in [0.2, 0.25) is 15.8 Å². The number of primary sulfonamides is 1. The zero-order valence-electron chi connectivity index (χ0n) is 15.5. The second kappa shape index (κ2) is 8.76. The average Bonchev–Trinajstić information content (AvgIpc) is 3.02. The molecule has 2 heterocycles. The highest BCUT2D eigenvalue weighted by molar-refractivity contribution is 7.89. The van der Waals surface area contributed by atoms with Crippen molar-refractivity contribution in [1.29, 1.82) is 0 Å². The average molecular weight is 441 g/mol. The van der Waals surface area contributed by atoms with Crippen LogP contribution in [0.15, 0.2) is 40.1 Å². The summed E-state index contributed by atoms with van der Waals surface area (Å²) in [6.07, 6.45) is 1.25. The zero-order chi connectivity index (χ0) is 21.0. The fraction of sp³-hybridized carbons (Fsp3) is 0.353. The number of nitrogens with zero attached hydrogens (tertiary/aromatic N) is 2. The molecule has 1 aromatic carbocycles. The number of hydrogen-bond acceptors (Lipinski definition) is 8. The molecule has 10 nitrogen and oxygen atoms in total. The lowest BCUT2D eigenvalue weighted by Crippen LogP contribution is -2.21. The fourth-order valence-electron chi connectivity index (χ4n) is 2.59. The van der Waals surface area contributed by atoms with Gasteiger partial charge in [-0.1, -0.05) is 11.3 Å². The van der Waals surface area contributed by atoms with Crippen LogP contribution in [-0.2, 0) is 40.4 Å². The maximum atomic E-state index is 12.4. The summed E-state index contributed by atoms with van der Waals surface area (Å²) in [5.74, 6) is -1.08. The zero-order valence-corrected chi connectivity index (χ0v) is 17.1. The number of carbonyl (C=O) groups excluding carboxylic acids is 2. The van der Waals surface area contributed by atoms with E-state index in [2.05, 4.69) is 4.99 Å². The highest BCUT2D eigenvalue weighted by atomic mass is 32.2. The number of ether oxygens (including phenoxy) is 3. The first-order valence-electron chi connectivity index (χ1n) is 8.65. The minimum atomic E-state index is -3.89. The molecule has 0 fully saturated rings. The minimum Gasteiger partial charge on any atom is -0.494 e. The highest BCUT2D eigenvalue weighted by Gasteiger charge is 2.17. The molecule has 156 valence electrons. The summed E-state index contributed by atoms with van der Waals surface area (Å²) >= 11 is 1.09. The molecular formula is C17H19N3O7S2. The van der Waals surface area contributed by atoms with E-state index in [-0.39, 0.29) is 41.6 Å². The van der Waals surface area contributed by atoms with Crippen LogP contribution in [0.3, 0.4) is 0 Å². The van der Waals surface area contributed by atoms with Crippen LogP contribution in [0.2, 0.25) is 0 Å². The Bertz CT molecular complexity index is 1150. The van der Waals surface area contributed by atoms with Gasteiger partial charge in [-0.3, -0.25) is 9.59 Å². The predicted molar refractivity (Wildman–Crippen MR) is 103 cm³/mol. The molecule has 1 amide bonds. The lowest BCUT2D eigenvalue weighted by Gasteiger charge is -2.12. The van der Waals surface area contributed by atoms with Crippen molar-refractivity contribution in [2.75, 3.05) is 19.8 Å². The topological polar surface area (TPSA) is 139 Å². The number of rotatable bonds is 6. The van der Waals surface area contributed by atoms with Crippen LogP contribution in [0.5, 0.6) is 0 Å². The number of amides is 1. The fourth-order valence-corrected chi connectivity index (χ4v) is 4.30. The maximum Gasteiger partial charge on any atom is 0.317 e. The summed E-state index contributed by atoms with van der Waals surface area (Å²) in [6, 6.07) is 4.32. The monoisotopic (exact) mass is 441 g/mol. The molecule has 0 saturated carbocycles. The van der Waals surface area contributed by atoms with Gasteiger partial charge in [0.05, 0.1) is 28.1 Å². The van der Waals surface area contributed by atoms with Gasteiger partial charge in [-0.15, -0.1) is 0 Å². The maximum absolute atomic E-state index is 12.4. The van der Waals surface area contributed by atoms with Crippen molar-refractivity contribution in [2.24, 2.45) is 10.1 Å². The van der Waals surface area contributed by atoms with Gasteiger partial charge < -0.3 is 18.8 Å². The van der Waals surface area contributed by atoms with E-state index >= 15 is 0 Å². The molecule has 2 N–H and O–H groups in total. The molecule has 0 bridgehead atoms. The van der Waals surface area contributed by atoms with E-state index in [0.29, 0.717) is 16.8 Å². The van der Waals surface area contributed by atoms with Crippen LogP contribution in [-0.4, -0.2) is 44.7 Å². The van der Waals surface area contributed by atoms with Crippen molar-refractivity contribution < 1.29 is 32.2 Å². The third kappa shape index (κ3) is 5.02. The summed E-state index contributed by atoms with van der Waals surface area (Å²) in [5, 5.41) is 5.20. The van der Waals surface area contributed by atoms with Crippen LogP contribution >= 0.6 is 11.3 Å². The number of fused-ring (bicyclic) bond motifs is 1. The van der Waals surface area contributed by atoms with Gasteiger partial charge in [-0.25, -0.2) is 13.6 Å². The molecule has 1 aliphatic heterocycles. The molecule has 3 rings (SSSR count). The Morgan fingerprint density at radius 3 is 2.79 bits per heavy atom. The molecule has 29 heavy (non-hydrogen) atoms. The lowest BCUT2D eigenvalue weighted by atomic mass is 10.3. The number of carbonyl (C=O) groups is 2. The number of nitrogens with two attached hydrogens (primary N) is 1. The van der Waals surface area contributed by atoms with Crippen LogP contribution < -0.4 is 9.94 Å². The summed E-state index contributed by atoms with van der Waals surface area (Å²) in [7, 11) is -3.89. The number of esters is 1. The molecule has 2 aromatic rings. The van der Waals surface area contributed by atoms with E-state index in [1.54, 1.807) is 17.6 Å². The lowest BCUT2D eigenvalue weighted by molar-refractivity contribution is -0.143. The van der Waals surface area contributed by atoms with Gasteiger partial charge in [0.1, 0.15) is 19.5 Å². The third-order valence-electron chi connectivity index (χ3n) is 3.88. The van der Waals surface area contributed by atoms with E-state index in [1.807, 2.05) is 0 Å². The van der Waals surface area contributed by atoms with Crippen LogP contribution in [0.25, 0.3) is 10.2 Å². The molecule has 0 spiro atoms. The number of aryl methyl sites for hydroxylation is 1. The summed E-state index contributed by atoms with van der Waals surface area (Å²) in [6.45, 7) is 2.73. The quantitative estimate of drug-likeness (QED) is 0.648. The molecule has 1 aromatic heterocycles. The molecular weight excluding hydrogens is 422 g/mol. The smallest absolute Gasteiger partial charge is 0.317 e. The Balaban J connectivity index is 2.06. The number of hydrogen-bond donors (Lipinski definition) is 1. The van der Waals surface area contributed by atoms with Crippen molar-refractivity contribution in [3.05, 3.63) is 35.0 Å². The van der Waals surface area contributed by atoms with Crippen molar-refractivity contribution in [1.82, 2.24) is 4.57 Å². The van der Waals surface area contributed by atoms with E-state index in [0.717, 1.165) is 11.3 Å². The number of aromatic nitrogens is 1. The van der Waals surface area contributed by atoms with Gasteiger partial charge in [-0.05, 0) is 25.1 Å². The van der Waals surface area contributed by atoms with Gasteiger partial charge in [-0.2, -0.15) is 4.99 Å².